The van der Waals surface area contributed by atoms with Gasteiger partial charge in [-0.3, -0.25) is 4.99 Å². The number of benzene rings is 2. The molecule has 1 aliphatic rings. The molecule has 0 spiro atoms. The summed E-state index contributed by atoms with van der Waals surface area (Å²) < 4.78 is 13.3. The van der Waals surface area contributed by atoms with Crippen LogP contribution in [0.15, 0.2) is 60.1 Å². The number of hydrogen-bond acceptors (Lipinski definition) is 3. The molecule has 4 rings (SSSR count). The molecule has 5 heteroatoms. The topological polar surface area (TPSA) is 38.1 Å². The third kappa shape index (κ3) is 2.93. The molecule has 118 valence electrons. The molecule has 2 aromatic carbocycles. The van der Waals surface area contributed by atoms with E-state index >= 15 is 0 Å². The predicted molar refractivity (Wildman–Crippen MR) is 93.4 cm³/mol. The molecule has 0 saturated heterocycles. The quantitative estimate of drug-likeness (QED) is 0.688. The highest BCUT2D eigenvalue weighted by atomic mass is 35.5. The van der Waals surface area contributed by atoms with Gasteiger partial charge in [-0.05, 0) is 46.5 Å². The molecule has 0 aliphatic carbocycles. The molecular weight excluding hydrogens is 325 g/mol. The van der Waals surface area contributed by atoms with Crippen LogP contribution in [0.3, 0.4) is 0 Å². The van der Waals surface area contributed by atoms with E-state index in [4.69, 9.17) is 11.6 Å². The van der Waals surface area contributed by atoms with Gasteiger partial charge in [-0.2, -0.15) is 0 Å². The molecule has 0 amide bonds. The van der Waals surface area contributed by atoms with E-state index < -0.39 is 5.82 Å². The number of aliphatic imine (C=N–C) groups is 1. The monoisotopic (exact) mass is 337 g/mol. The van der Waals surface area contributed by atoms with Crippen molar-refractivity contribution in [3.8, 4) is 11.1 Å². The van der Waals surface area contributed by atoms with Crippen LogP contribution in [0.4, 0.5) is 10.1 Å². The first kappa shape index (κ1) is 15.0. The minimum atomic E-state index is -0.405. The van der Waals surface area contributed by atoms with Crippen molar-refractivity contribution in [3.63, 3.8) is 0 Å². The van der Waals surface area contributed by atoms with Gasteiger partial charge in [0.05, 0.1) is 10.7 Å². The molecule has 3 nitrogen and oxygen atoms in total. The van der Waals surface area contributed by atoms with E-state index in [9.17, 15) is 4.39 Å². The molecule has 0 atom stereocenters. The first-order valence-electron chi connectivity index (χ1n) is 7.58. The van der Waals surface area contributed by atoms with Gasteiger partial charge in [0.2, 0.25) is 0 Å². The van der Waals surface area contributed by atoms with Gasteiger partial charge >= 0.3 is 0 Å². The molecule has 0 unspecified atom stereocenters. The molecule has 0 saturated carbocycles. The number of fused-ring (bicyclic) bond motifs is 1. The molecule has 0 fully saturated rings. The van der Waals surface area contributed by atoms with Crippen molar-refractivity contribution in [2.24, 2.45) is 4.99 Å². The van der Waals surface area contributed by atoms with Gasteiger partial charge in [-0.15, -0.1) is 0 Å². The molecule has 3 aromatic rings. The highest BCUT2D eigenvalue weighted by Crippen LogP contribution is 2.33. The number of hydrogen-bond donors (Lipinski definition) is 0. The first-order valence-corrected chi connectivity index (χ1v) is 7.95. The van der Waals surface area contributed by atoms with Gasteiger partial charge < -0.3 is 0 Å². The zero-order chi connectivity index (χ0) is 16.5. The Labute approximate surface area is 143 Å². The number of nitrogens with zero attached hydrogens (tertiary/aromatic N) is 3. The fourth-order valence-corrected chi connectivity index (χ4v) is 3.06. The van der Waals surface area contributed by atoms with Gasteiger partial charge in [0.25, 0.3) is 0 Å². The highest BCUT2D eigenvalue weighted by molar-refractivity contribution is 6.31. The molecular formula is C19H13ClFN3. The van der Waals surface area contributed by atoms with E-state index in [0.29, 0.717) is 0 Å². The number of halogens is 2. The van der Waals surface area contributed by atoms with Crippen LogP contribution in [0, 0.1) is 5.82 Å². The summed E-state index contributed by atoms with van der Waals surface area (Å²) in [4.78, 5) is 12.8. The summed E-state index contributed by atoms with van der Waals surface area (Å²) in [5, 5.41) is 0.133. The summed E-state index contributed by atoms with van der Waals surface area (Å²) in [6.07, 6.45) is 6.68. The van der Waals surface area contributed by atoms with Crippen molar-refractivity contribution in [1.29, 1.82) is 0 Å². The largest absolute Gasteiger partial charge is 0.257 e. The van der Waals surface area contributed by atoms with Crippen LogP contribution in [0.5, 0.6) is 0 Å². The fourth-order valence-electron chi connectivity index (χ4n) is 2.88. The van der Waals surface area contributed by atoms with Crippen LogP contribution in [-0.4, -0.2) is 15.7 Å². The van der Waals surface area contributed by atoms with E-state index in [1.807, 2.05) is 24.5 Å². The third-order valence-electron chi connectivity index (χ3n) is 4.03. The summed E-state index contributed by atoms with van der Waals surface area (Å²) in [6, 6.07) is 10.9. The lowest BCUT2D eigenvalue weighted by Gasteiger charge is -2.05. The maximum atomic E-state index is 13.3. The zero-order valence-corrected chi connectivity index (χ0v) is 13.5. The molecule has 1 aliphatic heterocycles. The Morgan fingerprint density at radius 2 is 1.75 bits per heavy atom. The van der Waals surface area contributed by atoms with Gasteiger partial charge in [-0.25, -0.2) is 14.4 Å². The lowest BCUT2D eigenvalue weighted by molar-refractivity contribution is 0.628. The van der Waals surface area contributed by atoms with E-state index in [-0.39, 0.29) is 5.02 Å². The Bertz CT molecular complexity index is 939. The molecule has 0 bridgehead atoms. The van der Waals surface area contributed by atoms with Crippen LogP contribution < -0.4 is 0 Å². The molecule has 0 radical (unpaired) electrons. The van der Waals surface area contributed by atoms with Crippen LogP contribution in [0.25, 0.3) is 11.1 Å². The van der Waals surface area contributed by atoms with Crippen LogP contribution in [0.1, 0.15) is 11.1 Å². The normalized spacial score (nSPS) is 12.8. The van der Waals surface area contributed by atoms with E-state index in [1.165, 1.54) is 18.0 Å². The second-order valence-electron chi connectivity index (χ2n) is 5.75. The molecule has 2 heterocycles. The second-order valence-corrected chi connectivity index (χ2v) is 6.16. The molecule has 0 N–H and O–H groups in total. The van der Waals surface area contributed by atoms with Crippen molar-refractivity contribution < 1.29 is 4.39 Å². The zero-order valence-electron chi connectivity index (χ0n) is 12.7. The lowest BCUT2D eigenvalue weighted by atomic mass is 9.99. The van der Waals surface area contributed by atoms with Crippen LogP contribution in [-0.2, 0) is 12.8 Å². The van der Waals surface area contributed by atoms with Crippen molar-refractivity contribution in [3.05, 3.63) is 77.1 Å². The van der Waals surface area contributed by atoms with Crippen molar-refractivity contribution >= 4 is 23.0 Å². The summed E-state index contributed by atoms with van der Waals surface area (Å²) in [7, 11) is 0. The van der Waals surface area contributed by atoms with Gasteiger partial charge in [-0.1, -0.05) is 23.7 Å². The summed E-state index contributed by atoms with van der Waals surface area (Å²) >= 11 is 5.88. The Morgan fingerprint density at radius 1 is 1.00 bits per heavy atom. The average Bonchev–Trinajstić information content (AvgIpc) is 2.99. The van der Waals surface area contributed by atoms with Gasteiger partial charge in [0, 0.05) is 30.9 Å². The Kier molecular flexibility index (Phi) is 3.82. The molecule has 24 heavy (non-hydrogen) atoms. The minimum absolute atomic E-state index is 0.133. The number of rotatable bonds is 3. The lowest BCUT2D eigenvalue weighted by Crippen LogP contribution is -2.03. The van der Waals surface area contributed by atoms with E-state index in [1.54, 1.807) is 12.1 Å². The second kappa shape index (κ2) is 6.13. The third-order valence-corrected chi connectivity index (χ3v) is 4.32. The average molecular weight is 338 g/mol. The standard InChI is InChI=1S/C19H13ClFN3/c20-17-8-14(1-3-18(17)21)13-2-4-19-15(6-13)7-16(24-19)5-12-9-22-11-23-10-12/h1-4,6,8-11H,5,7H2. The SMILES string of the molecule is Fc1ccc(-c2ccc3c(c2)CC(Cc2cncnc2)=N3)cc1Cl. The first-order chi connectivity index (χ1) is 11.7. The number of aromatic nitrogens is 2. The Morgan fingerprint density at radius 3 is 2.54 bits per heavy atom. The molecule has 1 aromatic heterocycles. The summed E-state index contributed by atoms with van der Waals surface area (Å²) in [5.74, 6) is -0.405. The van der Waals surface area contributed by atoms with Crippen LogP contribution in [0.2, 0.25) is 5.02 Å². The van der Waals surface area contributed by atoms with Gasteiger partial charge in [0.1, 0.15) is 12.1 Å². The van der Waals surface area contributed by atoms with E-state index in [2.05, 4.69) is 21.0 Å². The van der Waals surface area contributed by atoms with E-state index in [0.717, 1.165) is 40.9 Å². The minimum Gasteiger partial charge on any atom is -0.257 e. The Hall–Kier alpha value is -2.59. The maximum Gasteiger partial charge on any atom is 0.141 e. The van der Waals surface area contributed by atoms with Crippen molar-refractivity contribution in [1.82, 2.24) is 9.97 Å². The smallest absolute Gasteiger partial charge is 0.141 e. The summed E-state index contributed by atoms with van der Waals surface area (Å²) in [5.41, 5.74) is 6.20. The Balaban J connectivity index is 1.58. The van der Waals surface area contributed by atoms with Gasteiger partial charge in [0.15, 0.2) is 0 Å². The summed E-state index contributed by atoms with van der Waals surface area (Å²) in [6.45, 7) is 0. The highest BCUT2D eigenvalue weighted by Gasteiger charge is 2.16. The maximum absolute atomic E-state index is 13.3. The van der Waals surface area contributed by atoms with Crippen molar-refractivity contribution in [2.45, 2.75) is 12.8 Å². The van der Waals surface area contributed by atoms with Crippen LogP contribution >= 0.6 is 11.6 Å². The predicted octanol–water partition coefficient (Wildman–Crippen LogP) is 4.81. The van der Waals surface area contributed by atoms with Crippen molar-refractivity contribution in [2.75, 3.05) is 0 Å². The fraction of sp³-hybridized carbons (Fsp3) is 0.105.